The Balaban J connectivity index is 1.70. The van der Waals surface area contributed by atoms with Crippen LogP contribution in [0.15, 0.2) is 64.5 Å². The number of hydrogen-bond acceptors (Lipinski definition) is 5. The van der Waals surface area contributed by atoms with Crippen LogP contribution in [0.2, 0.25) is 5.02 Å². The zero-order valence-corrected chi connectivity index (χ0v) is 16.6. The van der Waals surface area contributed by atoms with Crippen molar-refractivity contribution in [1.82, 2.24) is 9.97 Å². The van der Waals surface area contributed by atoms with Gasteiger partial charge in [-0.1, -0.05) is 59.8 Å². The standard InChI is InChI=1S/C20H18ClN3O3S/c1-12(17(25)22-15-9-5-8-14(21)11-15)28-20-23-18(26)16(19(27)24-20)10-13-6-3-2-4-7-13/h2-9,11-12H,10H2,1H3,(H,22,25)(H2,23,24,26,27)/t12-/m1/s1. The summed E-state index contributed by atoms with van der Waals surface area (Å²) in [5.74, 6) is -0.611. The Morgan fingerprint density at radius 3 is 2.68 bits per heavy atom. The third kappa shape index (κ3) is 5.15. The SMILES string of the molecule is C[C@@H](Sc1nc(O)c(Cc2ccccc2)c(=O)[nH]1)C(=O)Nc1cccc(Cl)c1. The number of H-pyrrole nitrogens is 1. The van der Waals surface area contributed by atoms with Crippen LogP contribution in [-0.4, -0.2) is 26.2 Å². The molecule has 3 aromatic rings. The highest BCUT2D eigenvalue weighted by atomic mass is 35.5. The zero-order chi connectivity index (χ0) is 20.1. The van der Waals surface area contributed by atoms with E-state index in [2.05, 4.69) is 15.3 Å². The third-order valence-electron chi connectivity index (χ3n) is 3.95. The van der Waals surface area contributed by atoms with Crippen molar-refractivity contribution in [3.05, 3.63) is 81.1 Å². The maximum absolute atomic E-state index is 12.4. The fourth-order valence-electron chi connectivity index (χ4n) is 2.51. The fourth-order valence-corrected chi connectivity index (χ4v) is 3.49. The van der Waals surface area contributed by atoms with E-state index in [-0.39, 0.29) is 28.9 Å². The summed E-state index contributed by atoms with van der Waals surface area (Å²) in [4.78, 5) is 31.4. The van der Waals surface area contributed by atoms with E-state index in [1.54, 1.807) is 31.2 Å². The quantitative estimate of drug-likeness (QED) is 0.420. The number of aromatic amines is 1. The van der Waals surface area contributed by atoms with Crippen LogP contribution in [0.5, 0.6) is 5.88 Å². The van der Waals surface area contributed by atoms with Crippen molar-refractivity contribution in [1.29, 1.82) is 0 Å². The Labute approximate surface area is 171 Å². The Morgan fingerprint density at radius 1 is 1.25 bits per heavy atom. The lowest BCUT2D eigenvalue weighted by molar-refractivity contribution is -0.115. The van der Waals surface area contributed by atoms with Crippen LogP contribution in [0, 0.1) is 0 Å². The summed E-state index contributed by atoms with van der Waals surface area (Å²) in [6.45, 7) is 1.68. The smallest absolute Gasteiger partial charge is 0.258 e. The second-order valence-corrected chi connectivity index (χ2v) is 7.86. The molecular weight excluding hydrogens is 398 g/mol. The van der Waals surface area contributed by atoms with E-state index < -0.39 is 10.8 Å². The molecule has 0 bridgehead atoms. The highest BCUT2D eigenvalue weighted by Gasteiger charge is 2.18. The molecular formula is C20H18ClN3O3S. The first-order valence-corrected chi connectivity index (χ1v) is 9.77. The molecule has 0 fully saturated rings. The van der Waals surface area contributed by atoms with Gasteiger partial charge in [-0.2, -0.15) is 4.98 Å². The predicted octanol–water partition coefficient (Wildman–Crippen LogP) is 3.84. The van der Waals surface area contributed by atoms with Gasteiger partial charge in [0, 0.05) is 17.1 Å². The molecule has 8 heteroatoms. The molecule has 1 heterocycles. The van der Waals surface area contributed by atoms with Crippen LogP contribution in [-0.2, 0) is 11.2 Å². The number of anilines is 1. The molecule has 2 aromatic carbocycles. The largest absolute Gasteiger partial charge is 0.493 e. The average Bonchev–Trinajstić information content (AvgIpc) is 2.65. The van der Waals surface area contributed by atoms with Gasteiger partial charge in [-0.25, -0.2) is 0 Å². The van der Waals surface area contributed by atoms with E-state index >= 15 is 0 Å². The first-order valence-electron chi connectivity index (χ1n) is 8.51. The van der Waals surface area contributed by atoms with Gasteiger partial charge in [-0.05, 0) is 30.7 Å². The molecule has 0 aliphatic heterocycles. The highest BCUT2D eigenvalue weighted by Crippen LogP contribution is 2.24. The molecule has 1 amide bonds. The number of benzene rings is 2. The molecule has 1 atom stereocenters. The number of aromatic hydroxyl groups is 1. The number of carbonyl (C=O) groups is 1. The van der Waals surface area contributed by atoms with Crippen molar-refractivity contribution in [2.75, 3.05) is 5.32 Å². The Hall–Kier alpha value is -2.77. The summed E-state index contributed by atoms with van der Waals surface area (Å²) in [7, 11) is 0. The minimum atomic E-state index is -0.554. The molecule has 144 valence electrons. The molecule has 0 aliphatic carbocycles. The molecule has 28 heavy (non-hydrogen) atoms. The third-order valence-corrected chi connectivity index (χ3v) is 5.16. The van der Waals surface area contributed by atoms with Crippen molar-refractivity contribution < 1.29 is 9.90 Å². The molecule has 0 unspecified atom stereocenters. The number of carbonyl (C=O) groups excluding carboxylic acids is 1. The van der Waals surface area contributed by atoms with Gasteiger partial charge in [-0.3, -0.25) is 9.59 Å². The first-order chi connectivity index (χ1) is 13.4. The van der Waals surface area contributed by atoms with E-state index in [1.165, 1.54) is 0 Å². The molecule has 0 aliphatic rings. The maximum atomic E-state index is 12.4. The van der Waals surface area contributed by atoms with E-state index in [0.717, 1.165) is 17.3 Å². The van der Waals surface area contributed by atoms with Crippen LogP contribution < -0.4 is 10.9 Å². The van der Waals surface area contributed by atoms with Gasteiger partial charge in [0.15, 0.2) is 5.16 Å². The molecule has 0 saturated heterocycles. The lowest BCUT2D eigenvalue weighted by Crippen LogP contribution is -2.23. The normalized spacial score (nSPS) is 11.8. The Kier molecular flexibility index (Phi) is 6.38. The fraction of sp³-hybridized carbons (Fsp3) is 0.150. The number of hydrogen-bond donors (Lipinski definition) is 3. The lowest BCUT2D eigenvalue weighted by atomic mass is 10.1. The number of nitrogens with one attached hydrogen (secondary N) is 2. The van der Waals surface area contributed by atoms with E-state index in [1.807, 2.05) is 30.3 Å². The van der Waals surface area contributed by atoms with Gasteiger partial charge < -0.3 is 15.4 Å². The molecule has 6 nitrogen and oxygen atoms in total. The van der Waals surface area contributed by atoms with Crippen LogP contribution in [0.4, 0.5) is 5.69 Å². The summed E-state index contributed by atoms with van der Waals surface area (Å²) >= 11 is 6.96. The van der Waals surface area contributed by atoms with Crippen LogP contribution in [0.1, 0.15) is 18.1 Å². The zero-order valence-electron chi connectivity index (χ0n) is 15.0. The van der Waals surface area contributed by atoms with Crippen LogP contribution >= 0.6 is 23.4 Å². The van der Waals surface area contributed by atoms with Gasteiger partial charge in [0.1, 0.15) is 0 Å². The van der Waals surface area contributed by atoms with Crippen molar-refractivity contribution in [3.8, 4) is 5.88 Å². The summed E-state index contributed by atoms with van der Waals surface area (Å²) < 4.78 is 0. The minimum absolute atomic E-state index is 0.174. The van der Waals surface area contributed by atoms with Crippen molar-refractivity contribution in [2.24, 2.45) is 0 Å². The Morgan fingerprint density at radius 2 is 2.00 bits per heavy atom. The van der Waals surface area contributed by atoms with Gasteiger partial charge in [0.25, 0.3) is 5.56 Å². The summed E-state index contributed by atoms with van der Waals surface area (Å²) in [6.07, 6.45) is 0.269. The average molecular weight is 416 g/mol. The minimum Gasteiger partial charge on any atom is -0.493 e. The number of amides is 1. The predicted molar refractivity (Wildman–Crippen MR) is 111 cm³/mol. The molecule has 0 spiro atoms. The number of halogens is 1. The number of nitrogens with zero attached hydrogens (tertiary/aromatic N) is 1. The monoisotopic (exact) mass is 415 g/mol. The highest BCUT2D eigenvalue weighted by molar-refractivity contribution is 8.00. The molecule has 0 saturated carbocycles. The maximum Gasteiger partial charge on any atom is 0.258 e. The molecule has 0 radical (unpaired) electrons. The van der Waals surface area contributed by atoms with Crippen molar-refractivity contribution in [3.63, 3.8) is 0 Å². The Bertz CT molecular complexity index is 1040. The summed E-state index contributed by atoms with van der Waals surface area (Å²) in [5, 5.41) is 13.1. The number of rotatable bonds is 6. The van der Waals surface area contributed by atoms with Crippen molar-refractivity contribution >= 4 is 35.0 Å². The van der Waals surface area contributed by atoms with Crippen LogP contribution in [0.3, 0.4) is 0 Å². The summed E-state index contributed by atoms with van der Waals surface area (Å²) in [5.41, 5.74) is 1.22. The molecule has 3 N–H and O–H groups in total. The van der Waals surface area contributed by atoms with E-state index in [9.17, 15) is 14.7 Å². The molecule has 3 rings (SSSR count). The van der Waals surface area contributed by atoms with Crippen molar-refractivity contribution in [2.45, 2.75) is 23.8 Å². The van der Waals surface area contributed by atoms with E-state index in [4.69, 9.17) is 11.6 Å². The lowest BCUT2D eigenvalue weighted by Gasteiger charge is -2.12. The summed E-state index contributed by atoms with van der Waals surface area (Å²) in [6, 6.07) is 16.1. The second kappa shape index (κ2) is 8.95. The number of thioether (sulfide) groups is 1. The van der Waals surface area contributed by atoms with Gasteiger partial charge in [0.2, 0.25) is 11.8 Å². The molecule has 1 aromatic heterocycles. The van der Waals surface area contributed by atoms with E-state index in [0.29, 0.717) is 10.7 Å². The topological polar surface area (TPSA) is 95.1 Å². The second-order valence-electron chi connectivity index (χ2n) is 6.10. The van der Waals surface area contributed by atoms with Gasteiger partial charge in [-0.15, -0.1) is 0 Å². The number of aromatic nitrogens is 2. The van der Waals surface area contributed by atoms with Gasteiger partial charge >= 0.3 is 0 Å². The van der Waals surface area contributed by atoms with Crippen LogP contribution in [0.25, 0.3) is 0 Å². The van der Waals surface area contributed by atoms with Gasteiger partial charge in [0.05, 0.1) is 10.8 Å². The first kappa shape index (κ1) is 20.0.